The highest BCUT2D eigenvalue weighted by Gasteiger charge is 2.13. The number of methoxy groups -OCH3 is 1. The summed E-state index contributed by atoms with van der Waals surface area (Å²) in [6.45, 7) is 4.01. The van der Waals surface area contributed by atoms with E-state index < -0.39 is 10.0 Å². The Kier molecular flexibility index (Phi) is 6.33. The fraction of sp³-hybridized carbons (Fsp3) is 0.200. The van der Waals surface area contributed by atoms with Crippen LogP contribution in [-0.4, -0.2) is 31.8 Å². The van der Waals surface area contributed by atoms with Crippen molar-refractivity contribution in [1.29, 1.82) is 0 Å². The first kappa shape index (κ1) is 21.7. The molecule has 30 heavy (non-hydrogen) atoms. The van der Waals surface area contributed by atoms with E-state index >= 15 is 0 Å². The monoisotopic (exact) mass is 447 g/mol. The molecule has 2 aromatic carbocycles. The van der Waals surface area contributed by atoms with E-state index in [9.17, 15) is 8.42 Å². The Hall–Kier alpha value is -3.04. The summed E-state index contributed by atoms with van der Waals surface area (Å²) >= 11 is 6.27. The van der Waals surface area contributed by atoms with Gasteiger partial charge < -0.3 is 15.4 Å². The molecule has 1 aromatic heterocycles. The minimum atomic E-state index is -3.51. The molecule has 158 valence electrons. The number of aryl methyl sites for hydroxylation is 2. The zero-order valence-electron chi connectivity index (χ0n) is 16.9. The highest BCUT2D eigenvalue weighted by atomic mass is 35.5. The SMILES string of the molecule is COc1ccc(Nc2nc(Nc3ccc(C)cc3C)ncc2Cl)c(NS(C)(=O)=O)c1. The number of ether oxygens (including phenoxy) is 1. The lowest BCUT2D eigenvalue weighted by atomic mass is 10.1. The standard InChI is InChI=1S/C20H22ClN5O3S/c1-12-5-7-16(13(2)9-12)24-20-22-11-15(21)19(25-20)23-17-8-6-14(29-3)10-18(17)26-30(4,27)28/h5-11,26H,1-4H3,(H2,22,23,24,25). The van der Waals surface area contributed by atoms with Crippen LogP contribution in [0.5, 0.6) is 5.75 Å². The highest BCUT2D eigenvalue weighted by Crippen LogP contribution is 2.32. The van der Waals surface area contributed by atoms with Crippen LogP contribution >= 0.6 is 11.6 Å². The molecule has 0 radical (unpaired) electrons. The van der Waals surface area contributed by atoms with E-state index in [4.69, 9.17) is 16.3 Å². The van der Waals surface area contributed by atoms with E-state index in [2.05, 4.69) is 31.4 Å². The van der Waals surface area contributed by atoms with Gasteiger partial charge in [0.2, 0.25) is 16.0 Å². The summed E-state index contributed by atoms with van der Waals surface area (Å²) < 4.78 is 31.1. The van der Waals surface area contributed by atoms with Gasteiger partial charge in [-0.2, -0.15) is 4.98 Å². The van der Waals surface area contributed by atoms with Crippen LogP contribution in [0.15, 0.2) is 42.6 Å². The molecule has 8 nitrogen and oxygen atoms in total. The van der Waals surface area contributed by atoms with Crippen LogP contribution in [0, 0.1) is 13.8 Å². The molecular weight excluding hydrogens is 426 g/mol. The minimum absolute atomic E-state index is 0.280. The molecule has 3 rings (SSSR count). The Bertz CT molecular complexity index is 1190. The van der Waals surface area contributed by atoms with Crippen LogP contribution in [-0.2, 0) is 10.0 Å². The number of aromatic nitrogens is 2. The van der Waals surface area contributed by atoms with E-state index in [0.717, 1.165) is 23.1 Å². The molecule has 3 N–H and O–H groups in total. The smallest absolute Gasteiger partial charge is 0.229 e. The fourth-order valence-electron chi connectivity index (χ4n) is 2.76. The van der Waals surface area contributed by atoms with Gasteiger partial charge in [0.05, 0.1) is 30.9 Å². The van der Waals surface area contributed by atoms with E-state index in [0.29, 0.717) is 28.9 Å². The van der Waals surface area contributed by atoms with Crippen LogP contribution in [0.2, 0.25) is 5.02 Å². The summed E-state index contributed by atoms with van der Waals surface area (Å²) in [6.07, 6.45) is 2.54. The van der Waals surface area contributed by atoms with Crippen molar-refractivity contribution in [2.24, 2.45) is 0 Å². The molecule has 1 heterocycles. The predicted octanol–water partition coefficient (Wildman–Crippen LogP) is 4.61. The van der Waals surface area contributed by atoms with Gasteiger partial charge in [0.1, 0.15) is 10.8 Å². The number of hydrogen-bond donors (Lipinski definition) is 3. The average molecular weight is 448 g/mol. The van der Waals surface area contributed by atoms with E-state index in [1.165, 1.54) is 13.3 Å². The fourth-order valence-corrected chi connectivity index (χ4v) is 3.47. The number of sulfonamides is 1. The van der Waals surface area contributed by atoms with Gasteiger partial charge >= 0.3 is 0 Å². The summed E-state index contributed by atoms with van der Waals surface area (Å²) in [5, 5.41) is 6.51. The number of nitrogens with zero attached hydrogens (tertiary/aromatic N) is 2. The zero-order chi connectivity index (χ0) is 21.9. The first-order valence-corrected chi connectivity index (χ1v) is 11.2. The van der Waals surface area contributed by atoms with Crippen molar-refractivity contribution in [2.75, 3.05) is 28.7 Å². The van der Waals surface area contributed by atoms with Crippen molar-refractivity contribution in [1.82, 2.24) is 9.97 Å². The molecule has 0 aliphatic rings. The second kappa shape index (κ2) is 8.76. The number of benzene rings is 2. The molecule has 0 spiro atoms. The number of halogens is 1. The van der Waals surface area contributed by atoms with E-state index in [-0.39, 0.29) is 5.02 Å². The average Bonchev–Trinajstić information content (AvgIpc) is 2.66. The van der Waals surface area contributed by atoms with Gasteiger partial charge in [-0.1, -0.05) is 29.3 Å². The summed E-state index contributed by atoms with van der Waals surface area (Å²) in [5.41, 5.74) is 3.84. The van der Waals surface area contributed by atoms with E-state index in [1.54, 1.807) is 18.2 Å². The lowest BCUT2D eigenvalue weighted by Gasteiger charge is -2.15. The third-order valence-electron chi connectivity index (χ3n) is 4.15. The predicted molar refractivity (Wildman–Crippen MR) is 121 cm³/mol. The van der Waals surface area contributed by atoms with Gasteiger partial charge in [0.25, 0.3) is 0 Å². The van der Waals surface area contributed by atoms with E-state index in [1.807, 2.05) is 26.0 Å². The lowest BCUT2D eigenvalue weighted by molar-refractivity contribution is 0.415. The number of rotatable bonds is 7. The van der Waals surface area contributed by atoms with Crippen LogP contribution < -0.4 is 20.1 Å². The molecule has 3 aromatic rings. The number of hydrogen-bond acceptors (Lipinski definition) is 7. The van der Waals surface area contributed by atoms with Crippen molar-refractivity contribution in [3.05, 3.63) is 58.7 Å². The first-order valence-electron chi connectivity index (χ1n) is 8.94. The largest absolute Gasteiger partial charge is 0.497 e. The second-order valence-corrected chi connectivity index (χ2v) is 8.90. The molecule has 0 aliphatic heterocycles. The Morgan fingerprint density at radius 2 is 1.73 bits per heavy atom. The third kappa shape index (κ3) is 5.52. The molecule has 0 unspecified atom stereocenters. The van der Waals surface area contributed by atoms with Crippen LogP contribution in [0.3, 0.4) is 0 Å². The van der Waals surface area contributed by atoms with Crippen molar-refractivity contribution in [3.63, 3.8) is 0 Å². The molecular formula is C20H22ClN5O3S. The van der Waals surface area contributed by atoms with Crippen molar-refractivity contribution in [3.8, 4) is 5.75 Å². The Morgan fingerprint density at radius 3 is 2.40 bits per heavy atom. The quantitative estimate of drug-likeness (QED) is 0.485. The molecule has 0 aliphatic carbocycles. The molecule has 0 amide bonds. The Morgan fingerprint density at radius 1 is 1.00 bits per heavy atom. The third-order valence-corrected chi connectivity index (χ3v) is 5.01. The topological polar surface area (TPSA) is 105 Å². The molecule has 10 heteroatoms. The Labute approximate surface area is 180 Å². The maximum absolute atomic E-state index is 11.7. The normalized spacial score (nSPS) is 11.1. The Balaban J connectivity index is 1.92. The van der Waals surface area contributed by atoms with Crippen LogP contribution in [0.25, 0.3) is 0 Å². The van der Waals surface area contributed by atoms with Gasteiger partial charge in [0.15, 0.2) is 5.82 Å². The van der Waals surface area contributed by atoms with Gasteiger partial charge in [-0.25, -0.2) is 13.4 Å². The van der Waals surface area contributed by atoms with Gasteiger partial charge in [0, 0.05) is 11.8 Å². The molecule has 0 saturated heterocycles. The van der Waals surface area contributed by atoms with Gasteiger partial charge in [-0.05, 0) is 37.6 Å². The van der Waals surface area contributed by atoms with Gasteiger partial charge in [-0.15, -0.1) is 0 Å². The summed E-state index contributed by atoms with van der Waals surface area (Å²) in [4.78, 5) is 8.66. The highest BCUT2D eigenvalue weighted by molar-refractivity contribution is 7.92. The summed E-state index contributed by atoms with van der Waals surface area (Å²) in [7, 11) is -2.01. The number of anilines is 5. The maximum Gasteiger partial charge on any atom is 0.229 e. The van der Waals surface area contributed by atoms with Crippen molar-refractivity contribution in [2.45, 2.75) is 13.8 Å². The minimum Gasteiger partial charge on any atom is -0.497 e. The molecule has 0 atom stereocenters. The number of nitrogens with one attached hydrogen (secondary N) is 3. The summed E-state index contributed by atoms with van der Waals surface area (Å²) in [6, 6.07) is 10.9. The molecule has 0 saturated carbocycles. The maximum atomic E-state index is 11.7. The van der Waals surface area contributed by atoms with Crippen LogP contribution in [0.4, 0.5) is 28.8 Å². The molecule has 0 bridgehead atoms. The zero-order valence-corrected chi connectivity index (χ0v) is 18.5. The van der Waals surface area contributed by atoms with Gasteiger partial charge in [-0.3, -0.25) is 4.72 Å². The van der Waals surface area contributed by atoms with Crippen molar-refractivity contribution < 1.29 is 13.2 Å². The van der Waals surface area contributed by atoms with Crippen molar-refractivity contribution >= 4 is 50.5 Å². The molecule has 0 fully saturated rings. The summed E-state index contributed by atoms with van der Waals surface area (Å²) in [5.74, 6) is 1.17. The second-order valence-electron chi connectivity index (χ2n) is 6.74. The lowest BCUT2D eigenvalue weighted by Crippen LogP contribution is -2.11. The first-order chi connectivity index (χ1) is 14.1. The van der Waals surface area contributed by atoms with Crippen LogP contribution in [0.1, 0.15) is 11.1 Å².